The van der Waals surface area contributed by atoms with Gasteiger partial charge in [-0.2, -0.15) is 18.3 Å². The van der Waals surface area contributed by atoms with Crippen LogP contribution in [0.3, 0.4) is 0 Å². The van der Waals surface area contributed by atoms with Gasteiger partial charge in [0, 0.05) is 24.8 Å². The number of rotatable bonds is 5. The molecule has 3 aromatic rings. The Morgan fingerprint density at radius 1 is 1.12 bits per heavy atom. The van der Waals surface area contributed by atoms with E-state index in [0.717, 1.165) is 33.8 Å². The first-order chi connectivity index (χ1) is 20.0. The molecule has 1 N–H and O–H groups in total. The van der Waals surface area contributed by atoms with Gasteiger partial charge in [-0.3, -0.25) is 19.1 Å². The summed E-state index contributed by atoms with van der Waals surface area (Å²) in [5.74, 6) is -0.215. The van der Waals surface area contributed by atoms with Crippen LogP contribution in [0.1, 0.15) is 44.0 Å². The van der Waals surface area contributed by atoms with E-state index in [0.29, 0.717) is 19.2 Å². The zero-order valence-electron chi connectivity index (χ0n) is 23.8. The van der Waals surface area contributed by atoms with Gasteiger partial charge in [0.25, 0.3) is 10.0 Å². The number of alkyl halides is 3. The highest BCUT2D eigenvalue weighted by Crippen LogP contribution is 2.40. The molecule has 0 saturated heterocycles. The van der Waals surface area contributed by atoms with Crippen LogP contribution < -0.4 is 14.4 Å². The highest BCUT2D eigenvalue weighted by Gasteiger charge is 2.39. The SMILES string of the molecule is Cn1ncc2c1CN(C(=O)C[C@H]1CN(S(=O)(=O)c3cccc(C(F)(F)F)c3)c3cc(NC(=O)OC(C)(C)C)ccc3O1)C2. The van der Waals surface area contributed by atoms with Crippen LogP contribution in [-0.2, 0) is 45.9 Å². The van der Waals surface area contributed by atoms with Gasteiger partial charge in [0.2, 0.25) is 5.91 Å². The van der Waals surface area contributed by atoms with E-state index in [2.05, 4.69) is 10.4 Å². The molecule has 0 saturated carbocycles. The Hall–Kier alpha value is -4.27. The Kier molecular flexibility index (Phi) is 7.57. The maximum Gasteiger partial charge on any atom is 0.416 e. The second-order valence-electron chi connectivity index (χ2n) is 11.3. The number of halogens is 3. The summed E-state index contributed by atoms with van der Waals surface area (Å²) in [7, 11) is -2.81. The number of carbonyl (C=O) groups is 2. The Labute approximate surface area is 246 Å². The third kappa shape index (κ3) is 6.40. The van der Waals surface area contributed by atoms with E-state index >= 15 is 0 Å². The highest BCUT2D eigenvalue weighted by molar-refractivity contribution is 7.92. The predicted molar refractivity (Wildman–Crippen MR) is 149 cm³/mol. The lowest BCUT2D eigenvalue weighted by atomic mass is 10.1. The van der Waals surface area contributed by atoms with Gasteiger partial charge in [-0.15, -0.1) is 0 Å². The Balaban J connectivity index is 1.46. The lowest BCUT2D eigenvalue weighted by Gasteiger charge is -2.36. The second-order valence-corrected chi connectivity index (χ2v) is 13.2. The second kappa shape index (κ2) is 10.8. The number of sulfonamides is 1. The number of ether oxygens (including phenoxy) is 2. The first-order valence-corrected chi connectivity index (χ1v) is 14.7. The fourth-order valence-corrected chi connectivity index (χ4v) is 6.44. The first-order valence-electron chi connectivity index (χ1n) is 13.3. The van der Waals surface area contributed by atoms with Gasteiger partial charge in [-0.05, 0) is 57.2 Å². The molecule has 43 heavy (non-hydrogen) atoms. The fourth-order valence-electron chi connectivity index (χ4n) is 4.89. The van der Waals surface area contributed by atoms with Crippen molar-refractivity contribution in [3.05, 3.63) is 65.5 Å². The summed E-state index contributed by atoms with van der Waals surface area (Å²) in [5.41, 5.74) is 0.0182. The molecule has 5 rings (SSSR count). The minimum Gasteiger partial charge on any atom is -0.486 e. The molecule has 0 bridgehead atoms. The zero-order valence-corrected chi connectivity index (χ0v) is 24.6. The number of amides is 2. The molecule has 0 aliphatic carbocycles. The molecule has 0 fully saturated rings. The predicted octanol–water partition coefficient (Wildman–Crippen LogP) is 4.67. The molecule has 1 atom stereocenters. The third-order valence-corrected chi connectivity index (χ3v) is 8.67. The molecule has 2 aliphatic heterocycles. The third-order valence-electron chi connectivity index (χ3n) is 6.89. The maximum atomic E-state index is 13.9. The Morgan fingerprint density at radius 3 is 2.53 bits per heavy atom. The largest absolute Gasteiger partial charge is 0.486 e. The average Bonchev–Trinajstić information content (AvgIpc) is 3.49. The fraction of sp³-hybridized carbons (Fsp3) is 0.393. The van der Waals surface area contributed by atoms with Crippen molar-refractivity contribution < 1.29 is 40.7 Å². The number of nitrogens with one attached hydrogen (secondary N) is 1. The average molecular weight is 622 g/mol. The number of nitrogens with zero attached hydrogens (tertiary/aromatic N) is 4. The number of fused-ring (bicyclic) bond motifs is 2. The normalized spacial score (nSPS) is 16.8. The van der Waals surface area contributed by atoms with E-state index in [1.165, 1.54) is 18.2 Å². The molecule has 15 heteroatoms. The molecule has 3 heterocycles. The van der Waals surface area contributed by atoms with Crippen LogP contribution in [0.4, 0.5) is 29.3 Å². The van der Waals surface area contributed by atoms with E-state index in [9.17, 15) is 31.2 Å². The molecule has 230 valence electrons. The highest BCUT2D eigenvalue weighted by atomic mass is 32.2. The summed E-state index contributed by atoms with van der Waals surface area (Å²) in [5, 5.41) is 6.70. The molecule has 11 nitrogen and oxygen atoms in total. The smallest absolute Gasteiger partial charge is 0.416 e. The number of hydrogen-bond donors (Lipinski definition) is 1. The molecule has 0 unspecified atom stereocenters. The van der Waals surface area contributed by atoms with E-state index in [1.54, 1.807) is 43.6 Å². The number of anilines is 2. The van der Waals surface area contributed by atoms with Crippen LogP contribution in [0, 0.1) is 0 Å². The van der Waals surface area contributed by atoms with Crippen molar-refractivity contribution in [1.82, 2.24) is 14.7 Å². The van der Waals surface area contributed by atoms with Gasteiger partial charge in [-0.25, -0.2) is 13.2 Å². The van der Waals surface area contributed by atoms with Crippen molar-refractivity contribution in [1.29, 1.82) is 0 Å². The summed E-state index contributed by atoms with van der Waals surface area (Å²) in [6.07, 6.45) is -5.01. The molecular formula is C28H30F3N5O6S. The summed E-state index contributed by atoms with van der Waals surface area (Å²) in [6, 6.07) is 7.63. The Morgan fingerprint density at radius 2 is 1.86 bits per heavy atom. The van der Waals surface area contributed by atoms with Crippen LogP contribution in [0.15, 0.2) is 53.6 Å². The van der Waals surface area contributed by atoms with Crippen LogP contribution in [0.2, 0.25) is 0 Å². The van der Waals surface area contributed by atoms with Crippen molar-refractivity contribution in [2.24, 2.45) is 7.05 Å². The monoisotopic (exact) mass is 621 g/mol. The van der Waals surface area contributed by atoms with Gasteiger partial charge < -0.3 is 14.4 Å². The molecule has 2 aliphatic rings. The van der Waals surface area contributed by atoms with E-state index in [-0.39, 0.29) is 36.0 Å². The molecule has 1 aromatic heterocycles. The summed E-state index contributed by atoms with van der Waals surface area (Å²) in [4.78, 5) is 26.6. The Bertz CT molecular complexity index is 1680. The summed E-state index contributed by atoms with van der Waals surface area (Å²) < 4.78 is 82.0. The topological polar surface area (TPSA) is 123 Å². The van der Waals surface area contributed by atoms with Crippen LogP contribution in [0.25, 0.3) is 0 Å². The first kappa shape index (κ1) is 30.2. The van der Waals surface area contributed by atoms with Crippen molar-refractivity contribution >= 4 is 33.4 Å². The van der Waals surface area contributed by atoms with Gasteiger partial charge >= 0.3 is 12.3 Å². The minimum absolute atomic E-state index is 0.0191. The van der Waals surface area contributed by atoms with Crippen molar-refractivity contribution in [2.45, 2.75) is 63.1 Å². The standard InChI is InChI=1S/C28H30F3N5O6S/c1-27(2,3)42-26(38)33-19-8-9-24-22(11-19)36(43(39,40)21-7-5-6-18(10-21)28(29,30)31)15-20(41-24)12-25(37)35-14-17-13-32-34(4)23(17)16-35/h5-11,13,20H,12,14-16H2,1-4H3,(H,33,38)/t20-/m0/s1. The van der Waals surface area contributed by atoms with E-state index in [1.807, 2.05) is 0 Å². The minimum atomic E-state index is -4.77. The van der Waals surface area contributed by atoms with Gasteiger partial charge in [-0.1, -0.05) is 6.07 Å². The lowest BCUT2D eigenvalue weighted by Crippen LogP contribution is -2.45. The number of benzene rings is 2. The number of aromatic nitrogens is 2. The number of hydrogen-bond acceptors (Lipinski definition) is 7. The van der Waals surface area contributed by atoms with Crippen molar-refractivity contribution in [2.75, 3.05) is 16.2 Å². The van der Waals surface area contributed by atoms with Gasteiger partial charge in [0.05, 0.1) is 47.5 Å². The number of aryl methyl sites for hydroxylation is 1. The zero-order chi connectivity index (χ0) is 31.3. The quantitative estimate of drug-likeness (QED) is 0.439. The molecule has 0 spiro atoms. The van der Waals surface area contributed by atoms with Crippen LogP contribution in [0.5, 0.6) is 5.75 Å². The van der Waals surface area contributed by atoms with Crippen LogP contribution >= 0.6 is 0 Å². The molecule has 2 amide bonds. The van der Waals surface area contributed by atoms with Gasteiger partial charge in [0.1, 0.15) is 17.5 Å². The van der Waals surface area contributed by atoms with Crippen molar-refractivity contribution in [3.8, 4) is 5.75 Å². The summed E-state index contributed by atoms with van der Waals surface area (Å²) >= 11 is 0. The van der Waals surface area contributed by atoms with Gasteiger partial charge in [0.15, 0.2) is 0 Å². The number of carbonyl (C=O) groups excluding carboxylic acids is 2. The van der Waals surface area contributed by atoms with Crippen LogP contribution in [-0.4, -0.2) is 53.3 Å². The summed E-state index contributed by atoms with van der Waals surface area (Å²) in [6.45, 7) is 5.34. The van der Waals surface area contributed by atoms with E-state index < -0.39 is 44.5 Å². The molecule has 0 radical (unpaired) electrons. The molecular weight excluding hydrogens is 591 g/mol. The lowest BCUT2D eigenvalue weighted by molar-refractivity contribution is -0.137. The van der Waals surface area contributed by atoms with Crippen molar-refractivity contribution in [3.63, 3.8) is 0 Å². The molecule has 2 aromatic carbocycles. The van der Waals surface area contributed by atoms with E-state index in [4.69, 9.17) is 9.47 Å². The maximum absolute atomic E-state index is 13.9.